The van der Waals surface area contributed by atoms with E-state index in [1.165, 1.54) is 11.1 Å². The first-order valence-electron chi connectivity index (χ1n) is 4.05. The zero-order valence-electron chi connectivity index (χ0n) is 6.69. The molecule has 0 N–H and O–H groups in total. The normalized spacial score (nSPS) is 19.2. The second-order valence-electron chi connectivity index (χ2n) is 3.41. The first kappa shape index (κ1) is 8.24. The lowest BCUT2D eigenvalue weighted by molar-refractivity contribution is 0.213. The first-order valence-corrected chi connectivity index (χ1v) is 5.17. The minimum absolute atomic E-state index is 0.439. The highest BCUT2D eigenvalue weighted by Crippen LogP contribution is 2.34. The molecule has 0 aromatic heterocycles. The Morgan fingerprint density at radius 3 is 2.17 bits per heavy atom. The van der Waals surface area contributed by atoms with Crippen molar-refractivity contribution in [3.05, 3.63) is 35.4 Å². The van der Waals surface area contributed by atoms with Gasteiger partial charge in [-0.3, -0.25) is 0 Å². The van der Waals surface area contributed by atoms with E-state index in [9.17, 15) is 4.39 Å². The average molecular weight is 229 g/mol. The van der Waals surface area contributed by atoms with Crippen molar-refractivity contribution in [1.29, 1.82) is 0 Å². The molecule has 64 valence electrons. The number of alkyl halides is 2. The fraction of sp³-hybridized carbons (Fsp3) is 0.400. The molecule has 2 heteroatoms. The summed E-state index contributed by atoms with van der Waals surface area (Å²) in [6.07, 6.45) is 1.13. The van der Waals surface area contributed by atoms with Crippen LogP contribution in [0.15, 0.2) is 24.3 Å². The van der Waals surface area contributed by atoms with E-state index in [0.29, 0.717) is 18.2 Å². The monoisotopic (exact) mass is 228 g/mol. The van der Waals surface area contributed by atoms with Crippen LogP contribution >= 0.6 is 15.9 Å². The third kappa shape index (κ3) is 1.28. The Bertz CT molecular complexity index is 271. The molecule has 0 amide bonds. The van der Waals surface area contributed by atoms with E-state index in [2.05, 4.69) is 15.9 Å². The lowest BCUT2D eigenvalue weighted by atomic mass is 10.1. The van der Waals surface area contributed by atoms with Crippen molar-refractivity contribution in [2.75, 3.05) is 5.33 Å². The maximum Gasteiger partial charge on any atom is 0.128 e. The van der Waals surface area contributed by atoms with E-state index in [0.717, 1.165) is 0 Å². The second kappa shape index (κ2) is 2.84. The molecule has 0 atom stereocenters. The highest BCUT2D eigenvalue weighted by Gasteiger charge is 2.35. The zero-order valence-corrected chi connectivity index (χ0v) is 8.27. The second-order valence-corrected chi connectivity index (χ2v) is 3.97. The van der Waals surface area contributed by atoms with Crippen molar-refractivity contribution < 1.29 is 4.39 Å². The highest BCUT2D eigenvalue weighted by atomic mass is 79.9. The van der Waals surface area contributed by atoms with Crippen LogP contribution in [-0.4, -0.2) is 11.0 Å². The number of hydrogen-bond donors (Lipinski definition) is 0. The van der Waals surface area contributed by atoms with Crippen LogP contribution in [-0.2, 0) is 12.8 Å². The summed E-state index contributed by atoms with van der Waals surface area (Å²) in [7, 11) is 0. The number of benzene rings is 1. The maximum atomic E-state index is 13.8. The average Bonchev–Trinajstić information content (AvgIpc) is 2.42. The molecule has 0 saturated heterocycles. The Morgan fingerprint density at radius 2 is 1.75 bits per heavy atom. The molecule has 0 heterocycles. The summed E-state index contributed by atoms with van der Waals surface area (Å²) in [5.41, 5.74) is 1.29. The first-order chi connectivity index (χ1) is 5.73. The van der Waals surface area contributed by atoms with Crippen molar-refractivity contribution in [2.24, 2.45) is 0 Å². The Morgan fingerprint density at radius 1 is 1.25 bits per heavy atom. The Kier molecular flexibility index (Phi) is 1.95. The summed E-state index contributed by atoms with van der Waals surface area (Å²) in [5.74, 6) is 0. The molecule has 1 aromatic carbocycles. The van der Waals surface area contributed by atoms with E-state index >= 15 is 0 Å². The highest BCUT2D eigenvalue weighted by molar-refractivity contribution is 9.09. The molecule has 0 unspecified atom stereocenters. The van der Waals surface area contributed by atoms with Gasteiger partial charge in [-0.05, 0) is 11.1 Å². The van der Waals surface area contributed by atoms with Crippen molar-refractivity contribution in [3.8, 4) is 0 Å². The fourth-order valence-corrected chi connectivity index (χ4v) is 2.14. The summed E-state index contributed by atoms with van der Waals surface area (Å²) in [4.78, 5) is 0. The van der Waals surface area contributed by atoms with Crippen molar-refractivity contribution >= 4 is 15.9 Å². The quantitative estimate of drug-likeness (QED) is 0.649. The molecule has 0 nitrogen and oxygen atoms in total. The van der Waals surface area contributed by atoms with Gasteiger partial charge >= 0.3 is 0 Å². The predicted molar refractivity (Wildman–Crippen MR) is 51.5 cm³/mol. The number of halogens is 2. The van der Waals surface area contributed by atoms with Gasteiger partial charge in [-0.15, -0.1) is 0 Å². The molecule has 0 fully saturated rings. The molecule has 1 aromatic rings. The topological polar surface area (TPSA) is 0 Å². The maximum absolute atomic E-state index is 13.8. The van der Waals surface area contributed by atoms with Gasteiger partial charge in [0.2, 0.25) is 0 Å². The van der Waals surface area contributed by atoms with Crippen LogP contribution in [0.1, 0.15) is 11.1 Å². The Balaban J connectivity index is 2.33. The van der Waals surface area contributed by atoms with Gasteiger partial charge in [-0.2, -0.15) is 0 Å². The zero-order chi connectivity index (χ0) is 8.60. The standard InChI is InChI=1S/C10H10BrF/c11-7-10(12)5-8-3-1-2-4-9(8)6-10/h1-4H,5-7H2. The van der Waals surface area contributed by atoms with Crippen molar-refractivity contribution in [1.82, 2.24) is 0 Å². The molecule has 12 heavy (non-hydrogen) atoms. The summed E-state index contributed by atoms with van der Waals surface area (Å²) in [6, 6.07) is 7.97. The minimum Gasteiger partial charge on any atom is -0.242 e. The third-order valence-electron chi connectivity index (χ3n) is 2.37. The number of fused-ring (bicyclic) bond motifs is 1. The van der Waals surface area contributed by atoms with Crippen LogP contribution < -0.4 is 0 Å². The molecule has 0 spiro atoms. The van der Waals surface area contributed by atoms with E-state index in [1.807, 2.05) is 24.3 Å². The van der Waals surface area contributed by atoms with Gasteiger partial charge in [-0.25, -0.2) is 4.39 Å². The predicted octanol–water partition coefficient (Wildman–Crippen LogP) is 2.89. The molecule has 1 aliphatic rings. The van der Waals surface area contributed by atoms with Gasteiger partial charge in [0, 0.05) is 18.2 Å². The van der Waals surface area contributed by atoms with Crippen LogP contribution in [0, 0.1) is 0 Å². The van der Waals surface area contributed by atoms with E-state index in [-0.39, 0.29) is 0 Å². The SMILES string of the molecule is FC1(CBr)Cc2ccccc2C1. The van der Waals surface area contributed by atoms with Crippen LogP contribution in [0.2, 0.25) is 0 Å². The lowest BCUT2D eigenvalue weighted by Crippen LogP contribution is -2.24. The minimum atomic E-state index is -1.04. The third-order valence-corrected chi connectivity index (χ3v) is 3.38. The molecule has 0 radical (unpaired) electrons. The molecular weight excluding hydrogens is 219 g/mol. The summed E-state index contributed by atoms with van der Waals surface area (Å²) >= 11 is 3.22. The van der Waals surface area contributed by atoms with E-state index < -0.39 is 5.67 Å². The summed E-state index contributed by atoms with van der Waals surface area (Å²) in [6.45, 7) is 0. The molecule has 2 rings (SSSR count). The van der Waals surface area contributed by atoms with Gasteiger partial charge in [0.1, 0.15) is 5.67 Å². The molecular formula is C10H10BrF. The van der Waals surface area contributed by atoms with Crippen LogP contribution in [0.25, 0.3) is 0 Å². The fourth-order valence-electron chi connectivity index (χ4n) is 1.74. The largest absolute Gasteiger partial charge is 0.242 e. The van der Waals surface area contributed by atoms with Crippen LogP contribution in [0.3, 0.4) is 0 Å². The van der Waals surface area contributed by atoms with Gasteiger partial charge in [-0.1, -0.05) is 40.2 Å². The Labute approximate surface area is 79.9 Å². The number of rotatable bonds is 1. The number of hydrogen-bond acceptors (Lipinski definition) is 0. The van der Waals surface area contributed by atoms with Gasteiger partial charge < -0.3 is 0 Å². The van der Waals surface area contributed by atoms with Crippen molar-refractivity contribution in [3.63, 3.8) is 0 Å². The summed E-state index contributed by atoms with van der Waals surface area (Å²) < 4.78 is 13.8. The molecule has 1 aliphatic carbocycles. The van der Waals surface area contributed by atoms with Crippen LogP contribution in [0.5, 0.6) is 0 Å². The van der Waals surface area contributed by atoms with Crippen LogP contribution in [0.4, 0.5) is 4.39 Å². The van der Waals surface area contributed by atoms with Gasteiger partial charge in [0.25, 0.3) is 0 Å². The van der Waals surface area contributed by atoms with E-state index in [4.69, 9.17) is 0 Å². The van der Waals surface area contributed by atoms with Gasteiger partial charge in [0.15, 0.2) is 0 Å². The Hall–Kier alpha value is -0.370. The molecule has 0 bridgehead atoms. The molecule has 0 aliphatic heterocycles. The van der Waals surface area contributed by atoms with Crippen molar-refractivity contribution in [2.45, 2.75) is 18.5 Å². The van der Waals surface area contributed by atoms with E-state index in [1.54, 1.807) is 0 Å². The lowest BCUT2D eigenvalue weighted by Gasteiger charge is -2.13. The van der Waals surface area contributed by atoms with Gasteiger partial charge in [0.05, 0.1) is 0 Å². The smallest absolute Gasteiger partial charge is 0.128 e. The summed E-state index contributed by atoms with van der Waals surface area (Å²) in [5, 5.41) is 0.439. The molecule has 0 saturated carbocycles.